The van der Waals surface area contributed by atoms with Crippen molar-refractivity contribution in [2.75, 3.05) is 12.8 Å². The predicted octanol–water partition coefficient (Wildman–Crippen LogP) is 2.05. The number of nitrogens with two attached hydrogens (primary N) is 1. The van der Waals surface area contributed by atoms with Gasteiger partial charge in [-0.15, -0.1) is 0 Å². The molecule has 2 rings (SSSR count). The molecule has 2 aromatic rings. The minimum absolute atomic E-state index is 0.388. The Labute approximate surface area is 93.0 Å². The van der Waals surface area contributed by atoms with Crippen molar-refractivity contribution >= 4 is 11.7 Å². The first kappa shape index (κ1) is 10.3. The molecule has 0 aliphatic heterocycles. The summed E-state index contributed by atoms with van der Waals surface area (Å²) in [6, 6.07) is 10.9. The van der Waals surface area contributed by atoms with Crippen molar-refractivity contribution in [3.05, 3.63) is 42.1 Å². The number of benzene rings is 1. The van der Waals surface area contributed by atoms with Crippen LogP contribution >= 0.6 is 0 Å². The fourth-order valence-corrected chi connectivity index (χ4v) is 1.52. The van der Waals surface area contributed by atoms with Crippen LogP contribution in [0.1, 0.15) is 10.5 Å². The van der Waals surface area contributed by atoms with Gasteiger partial charge in [-0.2, -0.15) is 0 Å². The van der Waals surface area contributed by atoms with Crippen molar-refractivity contribution in [1.29, 1.82) is 0 Å². The van der Waals surface area contributed by atoms with Crippen molar-refractivity contribution in [1.82, 2.24) is 4.98 Å². The lowest BCUT2D eigenvalue weighted by Gasteiger charge is -2.02. The summed E-state index contributed by atoms with van der Waals surface area (Å²) in [6.45, 7) is 0. The van der Waals surface area contributed by atoms with Gasteiger partial charge in [0, 0.05) is 16.9 Å². The van der Waals surface area contributed by atoms with Crippen molar-refractivity contribution < 1.29 is 9.53 Å². The second-order valence-corrected chi connectivity index (χ2v) is 3.36. The Morgan fingerprint density at radius 2 is 2.00 bits per heavy atom. The molecule has 4 nitrogen and oxygen atoms in total. The number of nitrogens with one attached hydrogen (secondary N) is 1. The molecule has 1 aromatic heterocycles. The molecular formula is C12H12N2O2. The lowest BCUT2D eigenvalue weighted by Crippen LogP contribution is -2.01. The fraction of sp³-hybridized carbons (Fsp3) is 0.0833. The van der Waals surface area contributed by atoms with Crippen molar-refractivity contribution in [2.45, 2.75) is 0 Å². The number of aromatic nitrogens is 1. The van der Waals surface area contributed by atoms with Gasteiger partial charge < -0.3 is 15.5 Å². The third-order valence-electron chi connectivity index (χ3n) is 2.34. The number of rotatable bonds is 2. The average Bonchev–Trinajstić information content (AvgIpc) is 2.78. The quantitative estimate of drug-likeness (QED) is 0.596. The SMILES string of the molecule is COC(=O)c1ccc(-c2ccccc2N)[nH]1. The number of anilines is 1. The van der Waals surface area contributed by atoms with Gasteiger partial charge in [0.2, 0.25) is 0 Å². The van der Waals surface area contributed by atoms with Crippen LogP contribution in [0.2, 0.25) is 0 Å². The van der Waals surface area contributed by atoms with E-state index in [9.17, 15) is 4.79 Å². The summed E-state index contributed by atoms with van der Waals surface area (Å²) in [5, 5.41) is 0. The molecule has 1 heterocycles. The van der Waals surface area contributed by atoms with Gasteiger partial charge in [0.1, 0.15) is 5.69 Å². The molecule has 0 bridgehead atoms. The van der Waals surface area contributed by atoms with E-state index in [2.05, 4.69) is 9.72 Å². The van der Waals surface area contributed by atoms with Crippen LogP contribution < -0.4 is 5.73 Å². The smallest absolute Gasteiger partial charge is 0.354 e. The summed E-state index contributed by atoms with van der Waals surface area (Å²) in [4.78, 5) is 14.2. The van der Waals surface area contributed by atoms with Gasteiger partial charge in [0.05, 0.1) is 7.11 Å². The molecule has 0 aliphatic carbocycles. The van der Waals surface area contributed by atoms with Crippen LogP contribution in [0.5, 0.6) is 0 Å². The number of H-pyrrole nitrogens is 1. The molecule has 1 aromatic carbocycles. The van der Waals surface area contributed by atoms with E-state index >= 15 is 0 Å². The summed E-state index contributed by atoms with van der Waals surface area (Å²) >= 11 is 0. The minimum Gasteiger partial charge on any atom is -0.464 e. The number of esters is 1. The molecule has 0 saturated heterocycles. The average molecular weight is 216 g/mol. The summed E-state index contributed by atoms with van der Waals surface area (Å²) in [6.07, 6.45) is 0. The Bertz CT molecular complexity index is 517. The minimum atomic E-state index is -0.388. The molecule has 3 N–H and O–H groups in total. The van der Waals surface area contributed by atoms with Crippen LogP contribution in [0.25, 0.3) is 11.3 Å². The Morgan fingerprint density at radius 1 is 1.25 bits per heavy atom. The molecule has 0 spiro atoms. The molecule has 0 radical (unpaired) electrons. The summed E-state index contributed by atoms with van der Waals surface area (Å²) in [5.74, 6) is -0.388. The van der Waals surface area contributed by atoms with Crippen LogP contribution in [-0.2, 0) is 4.74 Å². The van der Waals surface area contributed by atoms with Gasteiger partial charge in [-0.25, -0.2) is 4.79 Å². The van der Waals surface area contributed by atoms with Crippen LogP contribution in [0.3, 0.4) is 0 Å². The van der Waals surface area contributed by atoms with E-state index in [1.165, 1.54) is 7.11 Å². The number of carbonyl (C=O) groups excluding carboxylic acids is 1. The molecule has 0 unspecified atom stereocenters. The van der Waals surface area contributed by atoms with Crippen molar-refractivity contribution in [3.63, 3.8) is 0 Å². The highest BCUT2D eigenvalue weighted by atomic mass is 16.5. The largest absolute Gasteiger partial charge is 0.464 e. The maximum atomic E-state index is 11.3. The standard InChI is InChI=1S/C12H12N2O2/c1-16-12(15)11-7-6-10(14-11)8-4-2-3-5-9(8)13/h2-7,14H,13H2,1H3. The van der Waals surface area contributed by atoms with Crippen LogP contribution in [-0.4, -0.2) is 18.1 Å². The van der Waals surface area contributed by atoms with Crippen LogP contribution in [0.4, 0.5) is 5.69 Å². The highest BCUT2D eigenvalue weighted by molar-refractivity contribution is 5.89. The van der Waals surface area contributed by atoms with Gasteiger partial charge in [-0.05, 0) is 18.2 Å². The van der Waals surface area contributed by atoms with Gasteiger partial charge in [-0.3, -0.25) is 0 Å². The molecule has 0 aliphatic rings. The number of methoxy groups -OCH3 is 1. The molecular weight excluding hydrogens is 204 g/mol. The molecule has 82 valence electrons. The van der Waals surface area contributed by atoms with Crippen molar-refractivity contribution in [2.24, 2.45) is 0 Å². The molecule has 4 heteroatoms. The van der Waals surface area contributed by atoms with E-state index < -0.39 is 0 Å². The predicted molar refractivity (Wildman–Crippen MR) is 62.0 cm³/mol. The first-order valence-electron chi connectivity index (χ1n) is 4.84. The van der Waals surface area contributed by atoms with E-state index in [4.69, 9.17) is 5.73 Å². The lowest BCUT2D eigenvalue weighted by molar-refractivity contribution is 0.0595. The molecule has 0 amide bonds. The van der Waals surface area contributed by atoms with Gasteiger partial charge >= 0.3 is 5.97 Å². The number of nitrogen functional groups attached to an aromatic ring is 1. The van der Waals surface area contributed by atoms with Gasteiger partial charge in [0.15, 0.2) is 0 Å². The Morgan fingerprint density at radius 3 is 2.69 bits per heavy atom. The van der Waals surface area contributed by atoms with Gasteiger partial charge in [-0.1, -0.05) is 18.2 Å². The number of ether oxygens (including phenoxy) is 1. The zero-order valence-corrected chi connectivity index (χ0v) is 8.86. The maximum Gasteiger partial charge on any atom is 0.354 e. The summed E-state index contributed by atoms with van der Waals surface area (Å²) in [5.41, 5.74) is 8.60. The highest BCUT2D eigenvalue weighted by Crippen LogP contribution is 2.24. The van der Waals surface area contributed by atoms with E-state index in [0.717, 1.165) is 11.3 Å². The second-order valence-electron chi connectivity index (χ2n) is 3.36. The maximum absolute atomic E-state index is 11.3. The first-order valence-corrected chi connectivity index (χ1v) is 4.84. The molecule has 0 atom stereocenters. The van der Waals surface area contributed by atoms with E-state index in [-0.39, 0.29) is 5.97 Å². The van der Waals surface area contributed by atoms with E-state index in [1.807, 2.05) is 24.3 Å². The third-order valence-corrected chi connectivity index (χ3v) is 2.34. The summed E-state index contributed by atoms with van der Waals surface area (Å²) in [7, 11) is 1.35. The van der Waals surface area contributed by atoms with E-state index in [0.29, 0.717) is 11.4 Å². The highest BCUT2D eigenvalue weighted by Gasteiger charge is 2.10. The monoisotopic (exact) mass is 216 g/mol. The number of para-hydroxylation sites is 1. The van der Waals surface area contributed by atoms with Crippen molar-refractivity contribution in [3.8, 4) is 11.3 Å². The number of aromatic amines is 1. The van der Waals surface area contributed by atoms with E-state index in [1.54, 1.807) is 12.1 Å². The Hall–Kier alpha value is -2.23. The van der Waals surface area contributed by atoms with Gasteiger partial charge in [0.25, 0.3) is 0 Å². The first-order chi connectivity index (χ1) is 7.72. The number of hydrogen-bond acceptors (Lipinski definition) is 3. The lowest BCUT2D eigenvalue weighted by atomic mass is 10.1. The zero-order chi connectivity index (χ0) is 11.5. The Kier molecular flexibility index (Phi) is 2.64. The topological polar surface area (TPSA) is 68.1 Å². The second kappa shape index (κ2) is 4.10. The Balaban J connectivity index is 2.39. The number of carbonyl (C=O) groups is 1. The normalized spacial score (nSPS) is 10.1. The number of hydrogen-bond donors (Lipinski definition) is 2. The molecule has 0 fully saturated rings. The third kappa shape index (κ3) is 1.77. The van der Waals surface area contributed by atoms with Crippen LogP contribution in [0, 0.1) is 0 Å². The summed E-state index contributed by atoms with van der Waals surface area (Å²) < 4.78 is 4.61. The molecule has 16 heavy (non-hydrogen) atoms. The molecule has 0 saturated carbocycles. The van der Waals surface area contributed by atoms with Crippen LogP contribution in [0.15, 0.2) is 36.4 Å². The fourth-order valence-electron chi connectivity index (χ4n) is 1.52. The zero-order valence-electron chi connectivity index (χ0n) is 8.86.